The predicted molar refractivity (Wildman–Crippen MR) is 74.2 cm³/mol. The van der Waals surface area contributed by atoms with Gasteiger partial charge in [0.25, 0.3) is 0 Å². The van der Waals surface area contributed by atoms with Gasteiger partial charge in [-0.2, -0.15) is 0 Å². The molecule has 1 aromatic rings. The Bertz CT molecular complexity index is 427. The second kappa shape index (κ2) is 6.43. The second-order valence-electron chi connectivity index (χ2n) is 5.38. The van der Waals surface area contributed by atoms with Gasteiger partial charge in [0, 0.05) is 12.1 Å². The van der Waals surface area contributed by atoms with Crippen molar-refractivity contribution in [2.45, 2.75) is 32.4 Å². The molecule has 0 saturated carbocycles. The van der Waals surface area contributed by atoms with Crippen molar-refractivity contribution in [3.8, 4) is 5.75 Å². The molecule has 0 radical (unpaired) electrons. The van der Waals surface area contributed by atoms with Crippen molar-refractivity contribution in [3.63, 3.8) is 0 Å². The molecule has 0 aliphatic rings. The number of rotatable bonds is 4. The van der Waals surface area contributed by atoms with Crippen LogP contribution in [0.15, 0.2) is 24.3 Å². The number of benzene rings is 1. The lowest BCUT2D eigenvalue weighted by Crippen LogP contribution is -2.47. The SMILES string of the molecule is COc1cccc(C(O)CNC(=O)NC(C)(C)C)c1. The van der Waals surface area contributed by atoms with E-state index in [1.807, 2.05) is 20.8 Å². The maximum Gasteiger partial charge on any atom is 0.315 e. The van der Waals surface area contributed by atoms with E-state index in [0.717, 1.165) is 0 Å². The molecule has 0 aliphatic heterocycles. The minimum Gasteiger partial charge on any atom is -0.497 e. The molecule has 0 fully saturated rings. The van der Waals surface area contributed by atoms with Crippen molar-refractivity contribution < 1.29 is 14.6 Å². The van der Waals surface area contributed by atoms with Crippen molar-refractivity contribution in [1.82, 2.24) is 10.6 Å². The van der Waals surface area contributed by atoms with Crippen LogP contribution >= 0.6 is 0 Å². The van der Waals surface area contributed by atoms with Gasteiger partial charge in [-0.15, -0.1) is 0 Å². The van der Waals surface area contributed by atoms with E-state index in [1.54, 1.807) is 31.4 Å². The van der Waals surface area contributed by atoms with E-state index in [-0.39, 0.29) is 18.1 Å². The summed E-state index contributed by atoms with van der Waals surface area (Å²) in [5.74, 6) is 0.677. The number of aliphatic hydroxyl groups excluding tert-OH is 1. The molecule has 0 bridgehead atoms. The van der Waals surface area contributed by atoms with Gasteiger partial charge < -0.3 is 20.5 Å². The zero-order chi connectivity index (χ0) is 14.5. The van der Waals surface area contributed by atoms with E-state index in [4.69, 9.17) is 4.74 Å². The molecule has 1 unspecified atom stereocenters. The van der Waals surface area contributed by atoms with Crippen LogP contribution in [0.3, 0.4) is 0 Å². The quantitative estimate of drug-likeness (QED) is 0.778. The highest BCUT2D eigenvalue weighted by molar-refractivity contribution is 5.74. The first kappa shape index (κ1) is 15.3. The van der Waals surface area contributed by atoms with Crippen molar-refractivity contribution in [2.75, 3.05) is 13.7 Å². The Hall–Kier alpha value is -1.75. The van der Waals surface area contributed by atoms with Crippen LogP contribution < -0.4 is 15.4 Å². The Morgan fingerprint density at radius 1 is 1.42 bits per heavy atom. The molecule has 19 heavy (non-hydrogen) atoms. The zero-order valence-electron chi connectivity index (χ0n) is 11.9. The first-order valence-electron chi connectivity index (χ1n) is 6.20. The maximum absolute atomic E-state index is 11.6. The van der Waals surface area contributed by atoms with Gasteiger partial charge in [0.2, 0.25) is 0 Å². The van der Waals surface area contributed by atoms with Crippen molar-refractivity contribution in [2.24, 2.45) is 0 Å². The number of hydrogen-bond donors (Lipinski definition) is 3. The summed E-state index contributed by atoms with van der Waals surface area (Å²) in [4.78, 5) is 11.6. The first-order valence-corrected chi connectivity index (χ1v) is 6.20. The number of amides is 2. The van der Waals surface area contributed by atoms with Gasteiger partial charge in [-0.3, -0.25) is 0 Å². The molecule has 5 nitrogen and oxygen atoms in total. The van der Waals surface area contributed by atoms with E-state index in [2.05, 4.69) is 10.6 Å². The zero-order valence-corrected chi connectivity index (χ0v) is 11.9. The number of ether oxygens (including phenoxy) is 1. The van der Waals surface area contributed by atoms with Crippen LogP contribution in [0, 0.1) is 0 Å². The summed E-state index contributed by atoms with van der Waals surface area (Å²) in [7, 11) is 1.57. The fourth-order valence-electron chi connectivity index (χ4n) is 1.54. The van der Waals surface area contributed by atoms with E-state index >= 15 is 0 Å². The van der Waals surface area contributed by atoms with Gasteiger partial charge in [0.05, 0.1) is 13.2 Å². The summed E-state index contributed by atoms with van der Waals surface area (Å²) in [5, 5.41) is 15.4. The minimum absolute atomic E-state index is 0.148. The average Bonchev–Trinajstić information content (AvgIpc) is 2.34. The molecule has 2 amide bonds. The average molecular weight is 266 g/mol. The summed E-state index contributed by atoms with van der Waals surface area (Å²) < 4.78 is 5.09. The van der Waals surface area contributed by atoms with Crippen molar-refractivity contribution in [3.05, 3.63) is 29.8 Å². The fraction of sp³-hybridized carbons (Fsp3) is 0.500. The van der Waals surface area contributed by atoms with Crippen LogP contribution in [-0.2, 0) is 0 Å². The molecule has 1 atom stereocenters. The first-order chi connectivity index (χ1) is 8.81. The van der Waals surface area contributed by atoms with Gasteiger partial charge in [-0.1, -0.05) is 12.1 Å². The monoisotopic (exact) mass is 266 g/mol. The Labute approximate surface area is 114 Å². The molecule has 5 heteroatoms. The molecule has 0 aliphatic carbocycles. The van der Waals surface area contributed by atoms with Gasteiger partial charge in [0.15, 0.2) is 0 Å². The van der Waals surface area contributed by atoms with Crippen LogP contribution in [-0.4, -0.2) is 30.3 Å². The summed E-state index contributed by atoms with van der Waals surface area (Å²) in [5.41, 5.74) is 0.403. The van der Waals surface area contributed by atoms with Crippen LogP contribution in [0.25, 0.3) is 0 Å². The van der Waals surface area contributed by atoms with Crippen LogP contribution in [0.5, 0.6) is 5.75 Å². The summed E-state index contributed by atoms with van der Waals surface area (Å²) in [6, 6.07) is 6.84. The van der Waals surface area contributed by atoms with Crippen molar-refractivity contribution >= 4 is 6.03 Å². The molecule has 3 N–H and O–H groups in total. The molecule has 0 saturated heterocycles. The van der Waals surface area contributed by atoms with Crippen molar-refractivity contribution in [1.29, 1.82) is 0 Å². The highest BCUT2D eigenvalue weighted by atomic mass is 16.5. The van der Waals surface area contributed by atoms with Gasteiger partial charge in [-0.05, 0) is 38.5 Å². The number of methoxy groups -OCH3 is 1. The molecule has 106 valence electrons. The highest BCUT2D eigenvalue weighted by Gasteiger charge is 2.15. The Kier molecular flexibility index (Phi) is 5.18. The number of carbonyl (C=O) groups excluding carboxylic acids is 1. The number of nitrogens with one attached hydrogen (secondary N) is 2. The fourth-order valence-corrected chi connectivity index (χ4v) is 1.54. The largest absolute Gasteiger partial charge is 0.497 e. The smallest absolute Gasteiger partial charge is 0.315 e. The van der Waals surface area contributed by atoms with E-state index < -0.39 is 6.10 Å². The lowest BCUT2D eigenvalue weighted by atomic mass is 10.1. The molecule has 1 aromatic carbocycles. The van der Waals surface area contributed by atoms with E-state index in [0.29, 0.717) is 11.3 Å². The molecule has 0 spiro atoms. The molecular formula is C14H22N2O3. The summed E-state index contributed by atoms with van der Waals surface area (Å²) >= 11 is 0. The third-order valence-corrected chi connectivity index (χ3v) is 2.42. The topological polar surface area (TPSA) is 70.6 Å². The molecule has 1 rings (SSSR count). The molecule has 0 aromatic heterocycles. The predicted octanol–water partition coefficient (Wildman–Crippen LogP) is 1.83. The number of carbonyl (C=O) groups is 1. The van der Waals surface area contributed by atoms with E-state index in [9.17, 15) is 9.90 Å². The van der Waals surface area contributed by atoms with Gasteiger partial charge >= 0.3 is 6.03 Å². The molecular weight excluding hydrogens is 244 g/mol. The summed E-state index contributed by atoms with van der Waals surface area (Å²) in [6.07, 6.45) is -0.763. The Balaban J connectivity index is 2.51. The number of hydrogen-bond acceptors (Lipinski definition) is 3. The molecule has 0 heterocycles. The Morgan fingerprint density at radius 3 is 2.68 bits per heavy atom. The standard InChI is InChI=1S/C14H22N2O3/c1-14(2,3)16-13(18)15-9-12(17)10-6-5-7-11(8-10)19-4/h5-8,12,17H,9H2,1-4H3,(H2,15,16,18). The summed E-state index contributed by atoms with van der Waals surface area (Å²) in [6.45, 7) is 5.83. The van der Waals surface area contributed by atoms with E-state index in [1.165, 1.54) is 0 Å². The number of urea groups is 1. The van der Waals surface area contributed by atoms with Crippen LogP contribution in [0.2, 0.25) is 0 Å². The normalized spacial score (nSPS) is 12.7. The van der Waals surface area contributed by atoms with Crippen LogP contribution in [0.1, 0.15) is 32.4 Å². The maximum atomic E-state index is 11.6. The Morgan fingerprint density at radius 2 is 2.11 bits per heavy atom. The third kappa shape index (κ3) is 5.61. The van der Waals surface area contributed by atoms with Gasteiger partial charge in [-0.25, -0.2) is 4.79 Å². The minimum atomic E-state index is -0.763. The second-order valence-corrected chi connectivity index (χ2v) is 5.38. The third-order valence-electron chi connectivity index (χ3n) is 2.42. The number of aliphatic hydroxyl groups is 1. The lowest BCUT2D eigenvalue weighted by Gasteiger charge is -2.21. The highest BCUT2D eigenvalue weighted by Crippen LogP contribution is 2.18. The van der Waals surface area contributed by atoms with Crippen LogP contribution in [0.4, 0.5) is 4.79 Å². The lowest BCUT2D eigenvalue weighted by molar-refractivity contribution is 0.171. The van der Waals surface area contributed by atoms with Gasteiger partial charge in [0.1, 0.15) is 5.75 Å².